The first-order chi connectivity index (χ1) is 9.65. The Morgan fingerprint density at radius 1 is 1.29 bits per heavy atom. The summed E-state index contributed by atoms with van der Waals surface area (Å²) in [6.07, 6.45) is 3.84. The fraction of sp³-hybridized carbons (Fsp3) is 0.812. The monoisotopic (exact) mass is 312 g/mol. The average Bonchev–Trinajstić information content (AvgIpc) is 2.77. The number of hydrogen-bond donors (Lipinski definition) is 1. The molecule has 0 aliphatic carbocycles. The molecule has 21 heavy (non-hydrogen) atoms. The lowest BCUT2D eigenvalue weighted by Crippen LogP contribution is -2.38. The molecule has 3 heterocycles. The molecule has 1 N–H and O–H groups in total. The molecule has 1 saturated heterocycles. The van der Waals surface area contributed by atoms with E-state index in [2.05, 4.69) is 35.7 Å². The zero-order valence-corrected chi connectivity index (χ0v) is 14.4. The van der Waals surface area contributed by atoms with Crippen LogP contribution in [0.15, 0.2) is 0 Å². The number of hydrogen-bond acceptors (Lipinski definition) is 3. The van der Waals surface area contributed by atoms with Crippen molar-refractivity contribution < 1.29 is 0 Å². The van der Waals surface area contributed by atoms with Gasteiger partial charge in [-0.2, -0.15) is 0 Å². The van der Waals surface area contributed by atoms with E-state index in [-0.39, 0.29) is 12.4 Å². The molecule has 0 atom stereocenters. The molecule has 1 fully saturated rings. The molecule has 4 nitrogen and oxygen atoms in total. The first kappa shape index (κ1) is 16.8. The normalized spacial score (nSPS) is 20.4. The molecule has 5 heteroatoms. The van der Waals surface area contributed by atoms with Gasteiger partial charge in [-0.05, 0) is 31.8 Å². The summed E-state index contributed by atoms with van der Waals surface area (Å²) in [5.41, 5.74) is 2.80. The summed E-state index contributed by atoms with van der Waals surface area (Å²) in [4.78, 5) is 7.52. The number of halogens is 1. The van der Waals surface area contributed by atoms with Gasteiger partial charge in [-0.1, -0.05) is 13.8 Å². The summed E-state index contributed by atoms with van der Waals surface area (Å²) < 4.78 is 2.34. The van der Waals surface area contributed by atoms with Crippen molar-refractivity contribution in [2.45, 2.75) is 45.6 Å². The van der Waals surface area contributed by atoms with Crippen LogP contribution in [-0.4, -0.2) is 40.6 Å². The molecule has 0 unspecified atom stereocenters. The number of rotatable bonds is 3. The fourth-order valence-corrected chi connectivity index (χ4v) is 3.70. The van der Waals surface area contributed by atoms with E-state index in [1.807, 2.05) is 0 Å². The van der Waals surface area contributed by atoms with Gasteiger partial charge in [0.05, 0.1) is 5.69 Å². The summed E-state index contributed by atoms with van der Waals surface area (Å²) in [6, 6.07) is 0. The molecule has 3 rings (SSSR count). The van der Waals surface area contributed by atoms with Crippen LogP contribution < -0.4 is 5.32 Å². The Labute approximate surface area is 134 Å². The number of imidazole rings is 1. The van der Waals surface area contributed by atoms with E-state index in [1.165, 1.54) is 56.2 Å². The van der Waals surface area contributed by atoms with Crippen LogP contribution in [0.2, 0.25) is 0 Å². The number of fused-ring (bicyclic) bond motifs is 1. The highest BCUT2D eigenvalue weighted by molar-refractivity contribution is 5.85. The van der Waals surface area contributed by atoms with Crippen molar-refractivity contribution in [3.8, 4) is 0 Å². The van der Waals surface area contributed by atoms with Crippen LogP contribution in [0, 0.1) is 5.92 Å². The highest BCUT2D eigenvalue weighted by atomic mass is 35.5. The minimum Gasteiger partial charge on any atom is -0.335 e. The van der Waals surface area contributed by atoms with E-state index in [0.29, 0.717) is 5.92 Å². The van der Waals surface area contributed by atoms with Crippen LogP contribution in [0.1, 0.15) is 49.8 Å². The smallest absolute Gasteiger partial charge is 0.111 e. The third kappa shape index (κ3) is 3.61. The molecule has 2 aliphatic heterocycles. The van der Waals surface area contributed by atoms with Gasteiger partial charge in [0, 0.05) is 44.7 Å². The lowest BCUT2D eigenvalue weighted by molar-refractivity contribution is 0.188. The Kier molecular flexibility index (Phi) is 5.69. The van der Waals surface area contributed by atoms with E-state index in [1.54, 1.807) is 0 Å². The SMILES string of the molecule is CC(C)c1nc2c(n1C)CCN(CC1CCNCC1)C2.Cl. The summed E-state index contributed by atoms with van der Waals surface area (Å²) in [5.74, 6) is 2.65. The van der Waals surface area contributed by atoms with Gasteiger partial charge in [-0.15, -0.1) is 12.4 Å². The van der Waals surface area contributed by atoms with Crippen molar-refractivity contribution in [3.63, 3.8) is 0 Å². The molecule has 120 valence electrons. The van der Waals surface area contributed by atoms with Crippen LogP contribution in [0.3, 0.4) is 0 Å². The maximum absolute atomic E-state index is 4.90. The fourth-order valence-electron chi connectivity index (χ4n) is 3.70. The van der Waals surface area contributed by atoms with Crippen molar-refractivity contribution in [1.29, 1.82) is 0 Å². The van der Waals surface area contributed by atoms with E-state index < -0.39 is 0 Å². The second kappa shape index (κ2) is 7.12. The van der Waals surface area contributed by atoms with Crippen LogP contribution in [0.25, 0.3) is 0 Å². The lowest BCUT2D eigenvalue weighted by atomic mass is 9.96. The van der Waals surface area contributed by atoms with Gasteiger partial charge in [0.1, 0.15) is 5.82 Å². The van der Waals surface area contributed by atoms with Gasteiger partial charge in [0.2, 0.25) is 0 Å². The summed E-state index contributed by atoms with van der Waals surface area (Å²) in [7, 11) is 2.18. The number of nitrogens with zero attached hydrogens (tertiary/aromatic N) is 3. The third-order valence-corrected chi connectivity index (χ3v) is 4.86. The second-order valence-corrected chi connectivity index (χ2v) is 6.76. The first-order valence-electron chi connectivity index (χ1n) is 8.12. The predicted molar refractivity (Wildman–Crippen MR) is 89.1 cm³/mol. The number of nitrogens with one attached hydrogen (secondary N) is 1. The molecule has 0 amide bonds. The van der Waals surface area contributed by atoms with Crippen molar-refractivity contribution in [2.24, 2.45) is 13.0 Å². The maximum Gasteiger partial charge on any atom is 0.111 e. The van der Waals surface area contributed by atoms with Gasteiger partial charge < -0.3 is 9.88 Å². The van der Waals surface area contributed by atoms with Gasteiger partial charge in [0.25, 0.3) is 0 Å². The summed E-state index contributed by atoms with van der Waals surface area (Å²) in [5, 5.41) is 3.46. The van der Waals surface area contributed by atoms with Crippen LogP contribution in [-0.2, 0) is 20.0 Å². The van der Waals surface area contributed by atoms with Crippen LogP contribution >= 0.6 is 12.4 Å². The number of aromatic nitrogens is 2. The first-order valence-corrected chi connectivity index (χ1v) is 8.12. The zero-order chi connectivity index (χ0) is 14.1. The zero-order valence-electron chi connectivity index (χ0n) is 13.6. The van der Waals surface area contributed by atoms with E-state index in [0.717, 1.165) is 18.9 Å². The molecule has 0 spiro atoms. The topological polar surface area (TPSA) is 33.1 Å². The van der Waals surface area contributed by atoms with Crippen molar-refractivity contribution in [1.82, 2.24) is 19.8 Å². The second-order valence-electron chi connectivity index (χ2n) is 6.76. The highest BCUT2D eigenvalue weighted by Gasteiger charge is 2.25. The third-order valence-electron chi connectivity index (χ3n) is 4.86. The standard InChI is InChI=1S/C16H28N4.ClH/c1-12(2)16-18-14-11-20(9-6-15(14)19(16)3)10-13-4-7-17-8-5-13;/h12-13,17H,4-11H2,1-3H3;1H. The molecule has 0 aromatic carbocycles. The molecule has 0 bridgehead atoms. The van der Waals surface area contributed by atoms with Gasteiger partial charge >= 0.3 is 0 Å². The Balaban J connectivity index is 0.00000161. The molecule has 1 aromatic heterocycles. The maximum atomic E-state index is 4.90. The number of piperidine rings is 1. The minimum atomic E-state index is 0. The Hall–Kier alpha value is -0.580. The van der Waals surface area contributed by atoms with E-state index in [9.17, 15) is 0 Å². The lowest BCUT2D eigenvalue weighted by Gasteiger charge is -2.32. The molecular formula is C16H29ClN4. The van der Waals surface area contributed by atoms with E-state index >= 15 is 0 Å². The molecule has 1 aromatic rings. The summed E-state index contributed by atoms with van der Waals surface area (Å²) in [6.45, 7) is 10.4. The molecule has 0 saturated carbocycles. The molecular weight excluding hydrogens is 284 g/mol. The predicted octanol–water partition coefficient (Wildman–Crippen LogP) is 2.32. The quantitative estimate of drug-likeness (QED) is 0.930. The molecule has 2 aliphatic rings. The Morgan fingerprint density at radius 2 is 2.00 bits per heavy atom. The summed E-state index contributed by atoms with van der Waals surface area (Å²) >= 11 is 0. The highest BCUT2D eigenvalue weighted by Crippen LogP contribution is 2.24. The van der Waals surface area contributed by atoms with Gasteiger partial charge in [0.15, 0.2) is 0 Å². The molecule has 0 radical (unpaired) electrons. The van der Waals surface area contributed by atoms with Crippen molar-refractivity contribution >= 4 is 12.4 Å². The van der Waals surface area contributed by atoms with E-state index in [4.69, 9.17) is 4.98 Å². The van der Waals surface area contributed by atoms with Crippen molar-refractivity contribution in [2.75, 3.05) is 26.2 Å². The van der Waals surface area contributed by atoms with Crippen LogP contribution in [0.5, 0.6) is 0 Å². The Bertz CT molecular complexity index is 463. The van der Waals surface area contributed by atoms with Gasteiger partial charge in [-0.3, -0.25) is 4.90 Å². The van der Waals surface area contributed by atoms with Crippen LogP contribution in [0.4, 0.5) is 0 Å². The van der Waals surface area contributed by atoms with Gasteiger partial charge in [-0.25, -0.2) is 4.98 Å². The Morgan fingerprint density at radius 3 is 2.67 bits per heavy atom. The largest absolute Gasteiger partial charge is 0.335 e. The average molecular weight is 313 g/mol. The van der Waals surface area contributed by atoms with Crippen molar-refractivity contribution in [3.05, 3.63) is 17.2 Å². The minimum absolute atomic E-state index is 0.